The van der Waals surface area contributed by atoms with E-state index in [0.29, 0.717) is 0 Å². The molecule has 7 nitrogen and oxygen atoms in total. The minimum absolute atomic E-state index is 0.151. The van der Waals surface area contributed by atoms with Gasteiger partial charge in [0.25, 0.3) is 0 Å². The van der Waals surface area contributed by atoms with Crippen LogP contribution in [0.25, 0.3) is 10.4 Å². The molecule has 0 amide bonds. The zero-order valence-corrected chi connectivity index (χ0v) is 11.9. The third kappa shape index (κ3) is 2.79. The van der Waals surface area contributed by atoms with Gasteiger partial charge in [-0.1, -0.05) is 35.4 Å². The summed E-state index contributed by atoms with van der Waals surface area (Å²) in [7, 11) is 1.34. The average molecular weight is 309 g/mol. The molecule has 1 aromatic carbocycles. The van der Waals surface area contributed by atoms with Crippen molar-refractivity contribution in [1.82, 2.24) is 0 Å². The molecule has 8 heteroatoms. The zero-order chi connectivity index (χ0) is 15.5. The van der Waals surface area contributed by atoms with E-state index in [4.69, 9.17) is 24.5 Å². The van der Waals surface area contributed by atoms with Crippen LogP contribution in [0, 0.1) is 0 Å². The number of azide groups is 1. The van der Waals surface area contributed by atoms with Gasteiger partial charge in [0, 0.05) is 17.6 Å². The number of methoxy groups -OCH3 is 1. The molecule has 0 saturated carbocycles. The SMILES string of the molecule is CO[C@@H]1[C@H](N=[N+]=[N-])[C@@H]2O[C@H](c3ccccc3)OC[C@H]2O[C@H]1F. The van der Waals surface area contributed by atoms with Gasteiger partial charge in [0.15, 0.2) is 6.29 Å². The topological polar surface area (TPSA) is 85.7 Å². The molecule has 2 heterocycles. The second kappa shape index (κ2) is 6.60. The minimum Gasteiger partial charge on any atom is -0.375 e. The molecular weight excluding hydrogens is 293 g/mol. The summed E-state index contributed by atoms with van der Waals surface area (Å²) in [5.74, 6) is 0. The number of hydrogen-bond acceptors (Lipinski definition) is 5. The van der Waals surface area contributed by atoms with Crippen molar-refractivity contribution >= 4 is 0 Å². The van der Waals surface area contributed by atoms with E-state index in [-0.39, 0.29) is 6.61 Å². The number of halogens is 1. The van der Waals surface area contributed by atoms with Crippen molar-refractivity contribution in [2.75, 3.05) is 13.7 Å². The number of fused-ring (bicyclic) bond motifs is 1. The Kier molecular flexibility index (Phi) is 4.56. The van der Waals surface area contributed by atoms with Crippen molar-refractivity contribution in [3.05, 3.63) is 46.3 Å². The molecule has 0 bridgehead atoms. The maximum Gasteiger partial charge on any atom is 0.226 e. The Balaban J connectivity index is 1.83. The van der Waals surface area contributed by atoms with Gasteiger partial charge in [-0.3, -0.25) is 0 Å². The Bertz CT molecular complexity index is 554. The summed E-state index contributed by atoms with van der Waals surface area (Å²) in [6, 6.07) is 8.53. The van der Waals surface area contributed by atoms with E-state index in [2.05, 4.69) is 10.0 Å². The first-order chi connectivity index (χ1) is 10.7. The van der Waals surface area contributed by atoms with Gasteiger partial charge in [-0.15, -0.1) is 0 Å². The van der Waals surface area contributed by atoms with Crippen LogP contribution in [0.1, 0.15) is 11.9 Å². The smallest absolute Gasteiger partial charge is 0.226 e. The van der Waals surface area contributed by atoms with E-state index in [1.54, 1.807) is 0 Å². The normalized spacial score (nSPS) is 37.9. The van der Waals surface area contributed by atoms with Crippen LogP contribution in [-0.4, -0.2) is 44.4 Å². The second-order valence-electron chi connectivity index (χ2n) is 5.10. The molecule has 1 aromatic rings. The zero-order valence-electron chi connectivity index (χ0n) is 11.9. The van der Waals surface area contributed by atoms with Gasteiger partial charge >= 0.3 is 0 Å². The fourth-order valence-electron chi connectivity index (χ4n) is 2.77. The van der Waals surface area contributed by atoms with Crippen molar-refractivity contribution in [3.63, 3.8) is 0 Å². The highest BCUT2D eigenvalue weighted by molar-refractivity contribution is 5.16. The van der Waals surface area contributed by atoms with Crippen molar-refractivity contribution in [1.29, 1.82) is 0 Å². The molecule has 0 spiro atoms. The molecule has 118 valence electrons. The van der Waals surface area contributed by atoms with Gasteiger partial charge in [-0.25, -0.2) is 4.39 Å². The molecule has 0 aliphatic carbocycles. The van der Waals surface area contributed by atoms with Gasteiger partial charge in [0.2, 0.25) is 6.36 Å². The molecule has 2 fully saturated rings. The van der Waals surface area contributed by atoms with E-state index in [1.807, 2.05) is 30.3 Å². The van der Waals surface area contributed by atoms with Gasteiger partial charge in [0.1, 0.15) is 18.3 Å². The highest BCUT2D eigenvalue weighted by Crippen LogP contribution is 2.36. The number of hydrogen-bond donors (Lipinski definition) is 0. The van der Waals surface area contributed by atoms with Gasteiger partial charge < -0.3 is 18.9 Å². The lowest BCUT2D eigenvalue weighted by molar-refractivity contribution is -0.324. The molecule has 3 rings (SSSR count). The standard InChI is InChI=1S/C14H16FN3O4/c1-19-12-10(17-18-16)11-9(21-13(12)15)7-20-14(22-11)8-5-3-2-4-6-8/h2-6,9-14H,7H2,1H3/t9-,10-,11-,12-,13-,14-/m1/s1. The van der Waals surface area contributed by atoms with Crippen LogP contribution >= 0.6 is 0 Å². The van der Waals surface area contributed by atoms with Crippen LogP contribution in [0.15, 0.2) is 35.4 Å². The number of ether oxygens (including phenoxy) is 4. The van der Waals surface area contributed by atoms with Crippen LogP contribution in [0.5, 0.6) is 0 Å². The average Bonchev–Trinajstić information content (AvgIpc) is 2.56. The fourth-order valence-corrected chi connectivity index (χ4v) is 2.77. The van der Waals surface area contributed by atoms with Crippen molar-refractivity contribution in [3.8, 4) is 0 Å². The lowest BCUT2D eigenvalue weighted by Gasteiger charge is -2.45. The molecule has 2 aliphatic heterocycles. The molecule has 22 heavy (non-hydrogen) atoms. The summed E-state index contributed by atoms with van der Waals surface area (Å²) < 4.78 is 35.7. The summed E-state index contributed by atoms with van der Waals surface area (Å²) in [6.07, 6.45) is -4.59. The summed E-state index contributed by atoms with van der Waals surface area (Å²) in [4.78, 5) is 2.78. The van der Waals surface area contributed by atoms with Crippen LogP contribution in [0.3, 0.4) is 0 Å². The third-order valence-corrected chi connectivity index (χ3v) is 3.82. The summed E-state index contributed by atoms with van der Waals surface area (Å²) in [5, 5.41) is 3.65. The summed E-state index contributed by atoms with van der Waals surface area (Å²) in [6.45, 7) is 0.151. The lowest BCUT2D eigenvalue weighted by Crippen LogP contribution is -2.60. The Morgan fingerprint density at radius 1 is 1.32 bits per heavy atom. The first-order valence-electron chi connectivity index (χ1n) is 6.93. The summed E-state index contributed by atoms with van der Waals surface area (Å²) >= 11 is 0. The van der Waals surface area contributed by atoms with Gasteiger partial charge in [-0.05, 0) is 5.53 Å². The van der Waals surface area contributed by atoms with Crippen molar-refractivity contribution in [2.24, 2.45) is 5.11 Å². The highest BCUT2D eigenvalue weighted by atomic mass is 19.1. The highest BCUT2D eigenvalue weighted by Gasteiger charge is 2.50. The molecule has 0 unspecified atom stereocenters. The number of nitrogens with zero attached hydrogens (tertiary/aromatic N) is 3. The Labute approximate surface area is 126 Å². The molecule has 2 saturated heterocycles. The monoisotopic (exact) mass is 309 g/mol. The molecule has 0 aromatic heterocycles. The predicted molar refractivity (Wildman–Crippen MR) is 73.5 cm³/mol. The van der Waals surface area contributed by atoms with Crippen LogP contribution in [0.4, 0.5) is 4.39 Å². The quantitative estimate of drug-likeness (QED) is 0.487. The van der Waals surface area contributed by atoms with Gasteiger partial charge in [0.05, 0.1) is 12.6 Å². The molecular formula is C14H16FN3O4. The second-order valence-corrected chi connectivity index (χ2v) is 5.10. The number of benzene rings is 1. The minimum atomic E-state index is -1.69. The molecule has 2 aliphatic rings. The molecule has 6 atom stereocenters. The van der Waals surface area contributed by atoms with E-state index in [0.717, 1.165) is 5.56 Å². The maximum atomic E-state index is 14.0. The number of rotatable bonds is 3. The lowest BCUT2D eigenvalue weighted by atomic mass is 9.96. The largest absolute Gasteiger partial charge is 0.375 e. The Morgan fingerprint density at radius 3 is 2.77 bits per heavy atom. The van der Waals surface area contributed by atoms with Crippen LogP contribution in [-0.2, 0) is 18.9 Å². The maximum absolute atomic E-state index is 14.0. The first kappa shape index (κ1) is 15.2. The van der Waals surface area contributed by atoms with Crippen LogP contribution < -0.4 is 0 Å². The van der Waals surface area contributed by atoms with E-state index < -0.39 is 37.0 Å². The Morgan fingerprint density at radius 2 is 2.09 bits per heavy atom. The van der Waals surface area contributed by atoms with Gasteiger partial charge in [-0.2, -0.15) is 0 Å². The van der Waals surface area contributed by atoms with Crippen molar-refractivity contribution in [2.45, 2.75) is 37.0 Å². The molecule has 0 N–H and O–H groups in total. The Hall–Kier alpha value is -1.70. The fraction of sp³-hybridized carbons (Fsp3) is 0.571. The predicted octanol–water partition coefficient (Wildman–Crippen LogP) is 2.49. The van der Waals surface area contributed by atoms with E-state index in [1.165, 1.54) is 7.11 Å². The number of alkyl halides is 1. The first-order valence-corrected chi connectivity index (χ1v) is 6.93. The van der Waals surface area contributed by atoms with Crippen molar-refractivity contribution < 1.29 is 23.3 Å². The van der Waals surface area contributed by atoms with E-state index in [9.17, 15) is 4.39 Å². The van der Waals surface area contributed by atoms with E-state index >= 15 is 0 Å². The molecule has 0 radical (unpaired) electrons. The van der Waals surface area contributed by atoms with Crippen LogP contribution in [0.2, 0.25) is 0 Å². The third-order valence-electron chi connectivity index (χ3n) is 3.82. The summed E-state index contributed by atoms with van der Waals surface area (Å²) in [5.41, 5.74) is 9.57.